The van der Waals surface area contributed by atoms with Crippen molar-refractivity contribution >= 4 is 11.8 Å². The van der Waals surface area contributed by atoms with Crippen LogP contribution in [0.5, 0.6) is 0 Å². The Morgan fingerprint density at radius 1 is 1.43 bits per heavy atom. The number of nitrogens with two attached hydrogens (primary N) is 1. The Morgan fingerprint density at radius 3 is 2.76 bits per heavy atom. The third-order valence-corrected chi connectivity index (χ3v) is 2.64. The molecule has 1 atom stereocenters. The molecule has 0 heterocycles. The molecule has 0 aliphatic rings. The van der Waals surface area contributed by atoms with Crippen LogP contribution in [0.1, 0.15) is 29.8 Å². The average Bonchev–Trinajstić information content (AvgIpc) is 2.46. The van der Waals surface area contributed by atoms with E-state index in [1.165, 1.54) is 19.1 Å². The highest BCUT2D eigenvalue weighted by Crippen LogP contribution is 2.10. The van der Waals surface area contributed by atoms with Crippen LogP contribution in [0.25, 0.3) is 0 Å². The molecule has 5 nitrogen and oxygen atoms in total. The van der Waals surface area contributed by atoms with E-state index >= 15 is 0 Å². The summed E-state index contributed by atoms with van der Waals surface area (Å²) in [6.45, 7) is 3.93. The van der Waals surface area contributed by atoms with Gasteiger partial charge in [-0.15, -0.1) is 0 Å². The molecule has 1 aromatic carbocycles. The van der Waals surface area contributed by atoms with Crippen LogP contribution in [-0.2, 0) is 4.79 Å². The fourth-order valence-electron chi connectivity index (χ4n) is 1.60. The van der Waals surface area contributed by atoms with Crippen molar-refractivity contribution in [2.45, 2.75) is 19.9 Å². The molecule has 6 heteroatoms. The number of benzene rings is 1. The average molecular weight is 291 g/mol. The predicted molar refractivity (Wildman–Crippen MR) is 77.9 cm³/mol. The Hall–Kier alpha value is -2.39. The number of likely N-dealkylation sites (N-methyl/N-ethyl adjacent to an activating group) is 1. The topological polar surface area (TPSA) is 84.2 Å². The van der Waals surface area contributed by atoms with Crippen LogP contribution >= 0.6 is 0 Å². The SMILES string of the molecule is CCNC(=O)C(C)NC(=O)c1cc(C#CCN)ccc1F. The van der Waals surface area contributed by atoms with Crippen LogP contribution in [0, 0.1) is 17.7 Å². The van der Waals surface area contributed by atoms with Gasteiger partial charge in [0.15, 0.2) is 0 Å². The maximum Gasteiger partial charge on any atom is 0.254 e. The zero-order valence-corrected chi connectivity index (χ0v) is 12.0. The van der Waals surface area contributed by atoms with Gasteiger partial charge in [0, 0.05) is 12.1 Å². The molecule has 2 amide bonds. The van der Waals surface area contributed by atoms with Gasteiger partial charge < -0.3 is 16.4 Å². The van der Waals surface area contributed by atoms with E-state index in [0.29, 0.717) is 12.1 Å². The molecule has 0 saturated carbocycles. The van der Waals surface area contributed by atoms with Crippen LogP contribution in [0.3, 0.4) is 0 Å². The standard InChI is InChI=1S/C15H18FN3O2/c1-3-18-14(20)10(2)19-15(21)12-9-11(5-4-8-17)6-7-13(12)16/h6-7,9-10H,3,8,17H2,1-2H3,(H,18,20)(H,19,21). The molecular formula is C15H18FN3O2. The van der Waals surface area contributed by atoms with E-state index in [4.69, 9.17) is 5.73 Å². The van der Waals surface area contributed by atoms with Gasteiger partial charge in [0.1, 0.15) is 11.9 Å². The van der Waals surface area contributed by atoms with Gasteiger partial charge in [-0.2, -0.15) is 0 Å². The summed E-state index contributed by atoms with van der Waals surface area (Å²) in [5.74, 6) is 3.68. The molecule has 21 heavy (non-hydrogen) atoms. The Morgan fingerprint density at radius 2 is 2.14 bits per heavy atom. The fourth-order valence-corrected chi connectivity index (χ4v) is 1.60. The van der Waals surface area contributed by atoms with Gasteiger partial charge in [-0.05, 0) is 32.0 Å². The second-order valence-electron chi connectivity index (χ2n) is 4.29. The summed E-state index contributed by atoms with van der Waals surface area (Å²) >= 11 is 0. The molecular weight excluding hydrogens is 273 g/mol. The van der Waals surface area contributed by atoms with Gasteiger partial charge in [0.2, 0.25) is 5.91 Å². The van der Waals surface area contributed by atoms with Crippen molar-refractivity contribution in [1.29, 1.82) is 0 Å². The molecule has 1 aromatic rings. The van der Waals surface area contributed by atoms with Crippen molar-refractivity contribution in [2.75, 3.05) is 13.1 Å². The van der Waals surface area contributed by atoms with E-state index in [-0.39, 0.29) is 18.0 Å². The summed E-state index contributed by atoms with van der Waals surface area (Å²) in [7, 11) is 0. The predicted octanol–water partition coefficient (Wildman–Crippen LogP) is 0.390. The van der Waals surface area contributed by atoms with Crippen molar-refractivity contribution in [3.05, 3.63) is 35.1 Å². The molecule has 112 valence electrons. The minimum absolute atomic E-state index is 0.157. The monoisotopic (exact) mass is 291 g/mol. The van der Waals surface area contributed by atoms with Gasteiger partial charge in [-0.25, -0.2) is 4.39 Å². The molecule has 0 aliphatic heterocycles. The number of hydrogen-bond donors (Lipinski definition) is 3. The van der Waals surface area contributed by atoms with Gasteiger partial charge in [-0.3, -0.25) is 9.59 Å². The normalized spacial score (nSPS) is 11.0. The lowest BCUT2D eigenvalue weighted by atomic mass is 10.1. The number of amides is 2. The van der Waals surface area contributed by atoms with Crippen LogP contribution in [0.15, 0.2) is 18.2 Å². The van der Waals surface area contributed by atoms with Gasteiger partial charge in [0.25, 0.3) is 5.91 Å². The van der Waals surface area contributed by atoms with Crippen LogP contribution in [0.2, 0.25) is 0 Å². The van der Waals surface area contributed by atoms with Crippen molar-refractivity contribution in [2.24, 2.45) is 5.73 Å². The molecule has 1 rings (SSSR count). The van der Waals surface area contributed by atoms with Gasteiger partial charge >= 0.3 is 0 Å². The first-order chi connectivity index (χ1) is 9.99. The molecule has 0 bridgehead atoms. The van der Waals surface area contributed by atoms with Crippen LogP contribution < -0.4 is 16.4 Å². The first kappa shape index (κ1) is 16.7. The molecule has 0 radical (unpaired) electrons. The molecule has 0 spiro atoms. The molecule has 0 aromatic heterocycles. The first-order valence-corrected chi connectivity index (χ1v) is 6.56. The fraction of sp³-hybridized carbons (Fsp3) is 0.333. The van der Waals surface area contributed by atoms with Gasteiger partial charge in [-0.1, -0.05) is 11.8 Å². The molecule has 0 fully saturated rings. The highest BCUT2D eigenvalue weighted by molar-refractivity contribution is 5.97. The van der Waals surface area contributed by atoms with Crippen molar-refractivity contribution in [3.63, 3.8) is 0 Å². The summed E-state index contributed by atoms with van der Waals surface area (Å²) < 4.78 is 13.7. The summed E-state index contributed by atoms with van der Waals surface area (Å²) in [5, 5.41) is 5.01. The van der Waals surface area contributed by atoms with Gasteiger partial charge in [0.05, 0.1) is 12.1 Å². The summed E-state index contributed by atoms with van der Waals surface area (Å²) in [6, 6.07) is 3.20. The first-order valence-electron chi connectivity index (χ1n) is 6.56. The maximum absolute atomic E-state index is 13.7. The minimum Gasteiger partial charge on any atom is -0.355 e. The van der Waals surface area contributed by atoms with E-state index in [9.17, 15) is 14.0 Å². The largest absolute Gasteiger partial charge is 0.355 e. The Labute approximate surface area is 123 Å². The lowest BCUT2D eigenvalue weighted by Crippen LogP contribution is -2.44. The lowest BCUT2D eigenvalue weighted by molar-refractivity contribution is -0.122. The molecule has 0 aliphatic carbocycles. The van der Waals surface area contributed by atoms with Crippen molar-refractivity contribution in [1.82, 2.24) is 10.6 Å². The number of hydrogen-bond acceptors (Lipinski definition) is 3. The summed E-state index contributed by atoms with van der Waals surface area (Å²) in [5.41, 5.74) is 5.59. The lowest BCUT2D eigenvalue weighted by Gasteiger charge is -2.13. The van der Waals surface area contributed by atoms with E-state index in [0.717, 1.165) is 6.07 Å². The maximum atomic E-state index is 13.7. The van der Waals surface area contributed by atoms with Crippen LogP contribution in [0.4, 0.5) is 4.39 Å². The Kier molecular flexibility index (Phi) is 6.37. The van der Waals surface area contributed by atoms with Crippen molar-refractivity contribution < 1.29 is 14.0 Å². The minimum atomic E-state index is -0.754. The van der Waals surface area contributed by atoms with Crippen LogP contribution in [-0.4, -0.2) is 30.9 Å². The highest BCUT2D eigenvalue weighted by Gasteiger charge is 2.18. The van der Waals surface area contributed by atoms with Crippen molar-refractivity contribution in [3.8, 4) is 11.8 Å². The molecule has 1 unspecified atom stereocenters. The highest BCUT2D eigenvalue weighted by atomic mass is 19.1. The second-order valence-corrected chi connectivity index (χ2v) is 4.29. The molecule has 0 saturated heterocycles. The Balaban J connectivity index is 2.89. The van der Waals surface area contributed by atoms with E-state index in [2.05, 4.69) is 22.5 Å². The number of rotatable bonds is 4. The number of carbonyl (C=O) groups is 2. The number of carbonyl (C=O) groups excluding carboxylic acids is 2. The zero-order valence-electron chi connectivity index (χ0n) is 12.0. The van der Waals surface area contributed by atoms with E-state index in [1.54, 1.807) is 6.92 Å². The summed E-state index contributed by atoms with van der Waals surface area (Å²) in [4.78, 5) is 23.6. The Bertz CT molecular complexity index is 590. The zero-order chi connectivity index (χ0) is 15.8. The quantitative estimate of drug-likeness (QED) is 0.702. The third-order valence-electron chi connectivity index (χ3n) is 2.64. The number of halogens is 1. The van der Waals surface area contributed by atoms with E-state index < -0.39 is 17.8 Å². The number of nitrogens with one attached hydrogen (secondary N) is 2. The van der Waals surface area contributed by atoms with E-state index in [1.807, 2.05) is 0 Å². The smallest absolute Gasteiger partial charge is 0.254 e. The molecule has 4 N–H and O–H groups in total. The summed E-state index contributed by atoms with van der Waals surface area (Å²) in [6.07, 6.45) is 0. The third kappa shape index (κ3) is 4.89. The second kappa shape index (κ2) is 8.02.